The van der Waals surface area contributed by atoms with Crippen LogP contribution in [0, 0.1) is 0 Å². The van der Waals surface area contributed by atoms with E-state index in [1.807, 2.05) is 6.92 Å². The standard InChI is InChI=1S/C11H22OSi/c1-6-8-11(12-9-7-2)10-13(3,4)5/h6-8,11H,2,9-10H2,1,3-5H3/b8-6+/t11-/m0/s1. The molecule has 0 bridgehead atoms. The molecule has 0 aromatic rings. The second-order valence-corrected chi connectivity index (χ2v) is 9.98. The van der Waals surface area contributed by atoms with Crippen molar-refractivity contribution in [1.82, 2.24) is 0 Å². The summed E-state index contributed by atoms with van der Waals surface area (Å²) in [7, 11) is -1.02. The van der Waals surface area contributed by atoms with E-state index in [9.17, 15) is 0 Å². The second-order valence-electron chi connectivity index (χ2n) is 4.45. The van der Waals surface area contributed by atoms with Crippen LogP contribution in [0.25, 0.3) is 0 Å². The molecular formula is C11H22OSi. The van der Waals surface area contributed by atoms with Crippen LogP contribution in [0.5, 0.6) is 0 Å². The Kier molecular flexibility index (Phi) is 6.00. The maximum absolute atomic E-state index is 5.64. The van der Waals surface area contributed by atoms with Gasteiger partial charge in [0.15, 0.2) is 0 Å². The highest BCUT2D eigenvalue weighted by atomic mass is 28.3. The van der Waals surface area contributed by atoms with Gasteiger partial charge in [-0.2, -0.15) is 0 Å². The second kappa shape index (κ2) is 6.16. The summed E-state index contributed by atoms with van der Waals surface area (Å²) >= 11 is 0. The van der Waals surface area contributed by atoms with Crippen molar-refractivity contribution in [2.24, 2.45) is 0 Å². The molecule has 0 spiro atoms. The van der Waals surface area contributed by atoms with E-state index in [0.29, 0.717) is 6.61 Å². The number of hydrogen-bond acceptors (Lipinski definition) is 1. The number of hydrogen-bond donors (Lipinski definition) is 0. The van der Waals surface area contributed by atoms with Crippen molar-refractivity contribution in [3.63, 3.8) is 0 Å². The van der Waals surface area contributed by atoms with Crippen molar-refractivity contribution in [1.29, 1.82) is 0 Å². The van der Waals surface area contributed by atoms with Crippen LogP contribution in [-0.4, -0.2) is 20.8 Å². The van der Waals surface area contributed by atoms with E-state index in [-0.39, 0.29) is 6.10 Å². The smallest absolute Gasteiger partial charge is 0.0736 e. The van der Waals surface area contributed by atoms with Crippen LogP contribution in [-0.2, 0) is 4.74 Å². The summed E-state index contributed by atoms with van der Waals surface area (Å²) in [5.41, 5.74) is 0. The van der Waals surface area contributed by atoms with E-state index < -0.39 is 8.07 Å². The molecule has 13 heavy (non-hydrogen) atoms. The molecule has 0 fully saturated rings. The largest absolute Gasteiger partial charge is 0.370 e. The first-order valence-corrected chi connectivity index (χ1v) is 8.55. The minimum absolute atomic E-state index is 0.287. The lowest BCUT2D eigenvalue weighted by molar-refractivity contribution is 0.122. The van der Waals surface area contributed by atoms with Gasteiger partial charge in [-0.1, -0.05) is 37.9 Å². The van der Waals surface area contributed by atoms with Crippen LogP contribution >= 0.6 is 0 Å². The van der Waals surface area contributed by atoms with Crippen molar-refractivity contribution >= 4 is 8.07 Å². The van der Waals surface area contributed by atoms with Crippen molar-refractivity contribution in [3.8, 4) is 0 Å². The lowest BCUT2D eigenvalue weighted by Crippen LogP contribution is -2.27. The minimum atomic E-state index is -1.02. The third-order valence-electron chi connectivity index (χ3n) is 1.65. The molecule has 0 amide bonds. The van der Waals surface area contributed by atoms with Gasteiger partial charge in [0.2, 0.25) is 0 Å². The normalized spacial score (nSPS) is 14.8. The lowest BCUT2D eigenvalue weighted by Gasteiger charge is -2.21. The molecule has 0 heterocycles. The molecule has 0 saturated carbocycles. The molecule has 1 atom stereocenters. The summed E-state index contributed by atoms with van der Waals surface area (Å²) in [6.07, 6.45) is 6.30. The summed E-state index contributed by atoms with van der Waals surface area (Å²) in [6.45, 7) is 13.4. The molecular weight excluding hydrogens is 176 g/mol. The Morgan fingerprint density at radius 1 is 1.38 bits per heavy atom. The van der Waals surface area contributed by atoms with Crippen LogP contribution in [0.4, 0.5) is 0 Å². The topological polar surface area (TPSA) is 9.23 Å². The van der Waals surface area contributed by atoms with Crippen LogP contribution in [0.15, 0.2) is 24.8 Å². The zero-order chi connectivity index (χ0) is 10.3. The molecule has 0 unspecified atom stereocenters. The average molecular weight is 198 g/mol. The van der Waals surface area contributed by atoms with E-state index >= 15 is 0 Å². The van der Waals surface area contributed by atoms with Crippen molar-refractivity contribution in [2.45, 2.75) is 38.7 Å². The van der Waals surface area contributed by atoms with Crippen molar-refractivity contribution in [2.75, 3.05) is 6.61 Å². The lowest BCUT2D eigenvalue weighted by atomic mass is 10.3. The molecule has 0 saturated heterocycles. The average Bonchev–Trinajstić information content (AvgIpc) is 1.98. The number of ether oxygens (including phenoxy) is 1. The molecule has 0 rings (SSSR count). The van der Waals surface area contributed by atoms with Gasteiger partial charge in [-0.3, -0.25) is 0 Å². The number of allylic oxidation sites excluding steroid dienone is 1. The Morgan fingerprint density at radius 3 is 2.38 bits per heavy atom. The fourth-order valence-corrected chi connectivity index (χ4v) is 2.65. The summed E-state index contributed by atoms with van der Waals surface area (Å²) in [6, 6.07) is 1.19. The fourth-order valence-electron chi connectivity index (χ4n) is 1.19. The van der Waals surface area contributed by atoms with Crippen LogP contribution < -0.4 is 0 Å². The first-order valence-electron chi connectivity index (χ1n) is 4.85. The van der Waals surface area contributed by atoms with Crippen LogP contribution in [0.2, 0.25) is 25.7 Å². The molecule has 0 aliphatic heterocycles. The fraction of sp³-hybridized carbons (Fsp3) is 0.636. The van der Waals surface area contributed by atoms with Gasteiger partial charge in [0.25, 0.3) is 0 Å². The molecule has 76 valence electrons. The summed E-state index contributed by atoms with van der Waals surface area (Å²) in [5.74, 6) is 0. The van der Waals surface area contributed by atoms with Gasteiger partial charge in [-0.25, -0.2) is 0 Å². The van der Waals surface area contributed by atoms with Gasteiger partial charge >= 0.3 is 0 Å². The Hall–Kier alpha value is -0.343. The highest BCUT2D eigenvalue weighted by molar-refractivity contribution is 6.76. The predicted octanol–water partition coefficient (Wildman–Crippen LogP) is 3.47. The van der Waals surface area contributed by atoms with Gasteiger partial charge in [0, 0.05) is 8.07 Å². The summed E-state index contributed by atoms with van der Waals surface area (Å²) in [5, 5.41) is 0. The van der Waals surface area contributed by atoms with E-state index in [2.05, 4.69) is 38.4 Å². The third kappa shape index (κ3) is 8.00. The van der Waals surface area contributed by atoms with E-state index in [1.54, 1.807) is 6.08 Å². The maximum Gasteiger partial charge on any atom is 0.0736 e. The first kappa shape index (κ1) is 12.7. The zero-order valence-corrected chi connectivity index (χ0v) is 10.3. The molecule has 0 aromatic heterocycles. The van der Waals surface area contributed by atoms with Gasteiger partial charge in [0.1, 0.15) is 0 Å². The Balaban J connectivity index is 4.01. The highest BCUT2D eigenvalue weighted by Crippen LogP contribution is 2.15. The molecule has 0 aliphatic rings. The Bertz CT molecular complexity index is 167. The molecule has 2 heteroatoms. The molecule has 1 nitrogen and oxygen atoms in total. The van der Waals surface area contributed by atoms with Gasteiger partial charge < -0.3 is 4.74 Å². The van der Waals surface area contributed by atoms with E-state index in [4.69, 9.17) is 4.74 Å². The van der Waals surface area contributed by atoms with Crippen molar-refractivity contribution in [3.05, 3.63) is 24.8 Å². The Labute approximate surface area is 83.5 Å². The summed E-state index contributed by atoms with van der Waals surface area (Å²) < 4.78 is 5.64. The van der Waals surface area contributed by atoms with E-state index in [0.717, 1.165) is 0 Å². The molecule has 0 N–H and O–H groups in total. The third-order valence-corrected chi connectivity index (χ3v) is 3.28. The zero-order valence-electron chi connectivity index (χ0n) is 9.34. The highest BCUT2D eigenvalue weighted by Gasteiger charge is 2.18. The SMILES string of the molecule is C=CCO[C@@H](/C=C/C)C[Si](C)(C)C. The van der Waals surface area contributed by atoms with Gasteiger partial charge in [-0.05, 0) is 13.0 Å². The predicted molar refractivity (Wildman–Crippen MR) is 62.9 cm³/mol. The maximum atomic E-state index is 5.64. The monoisotopic (exact) mass is 198 g/mol. The van der Waals surface area contributed by atoms with Gasteiger partial charge in [-0.15, -0.1) is 6.58 Å². The molecule has 0 radical (unpaired) electrons. The quantitative estimate of drug-likeness (QED) is 0.469. The summed E-state index contributed by atoms with van der Waals surface area (Å²) in [4.78, 5) is 0. The number of rotatable bonds is 6. The van der Waals surface area contributed by atoms with E-state index in [1.165, 1.54) is 6.04 Å². The van der Waals surface area contributed by atoms with Crippen LogP contribution in [0.1, 0.15) is 6.92 Å². The van der Waals surface area contributed by atoms with Crippen LogP contribution in [0.3, 0.4) is 0 Å². The van der Waals surface area contributed by atoms with Gasteiger partial charge in [0.05, 0.1) is 12.7 Å². The minimum Gasteiger partial charge on any atom is -0.370 e. The van der Waals surface area contributed by atoms with Crippen molar-refractivity contribution < 1.29 is 4.74 Å². The molecule has 0 aromatic carbocycles. The molecule has 0 aliphatic carbocycles. The Morgan fingerprint density at radius 2 is 2.00 bits per heavy atom. The first-order chi connectivity index (χ1) is 5.99.